The molecule has 0 unspecified atom stereocenters. The molecule has 0 aliphatic rings. The average molecular weight is 301 g/mol. The predicted molar refractivity (Wildman–Crippen MR) is 84.6 cm³/mol. The maximum absolute atomic E-state index is 12.3. The van der Waals surface area contributed by atoms with Gasteiger partial charge in [0.15, 0.2) is 5.13 Å². The number of anilines is 2. The number of nitrogens with two attached hydrogens (primary N) is 1. The molecular formula is C14H15N5OS. The molecule has 0 spiro atoms. The van der Waals surface area contributed by atoms with Gasteiger partial charge in [0.2, 0.25) is 0 Å². The van der Waals surface area contributed by atoms with Crippen molar-refractivity contribution in [2.24, 2.45) is 7.05 Å². The third kappa shape index (κ3) is 2.59. The van der Waals surface area contributed by atoms with Gasteiger partial charge in [-0.2, -0.15) is 5.10 Å². The zero-order valence-electron chi connectivity index (χ0n) is 11.8. The van der Waals surface area contributed by atoms with E-state index in [9.17, 15) is 4.79 Å². The number of aromatic nitrogens is 3. The third-order valence-electron chi connectivity index (χ3n) is 3.12. The molecule has 6 nitrogen and oxygen atoms in total. The molecule has 0 saturated heterocycles. The van der Waals surface area contributed by atoms with E-state index in [1.165, 1.54) is 11.3 Å². The molecule has 108 valence electrons. The number of rotatable bonds is 3. The van der Waals surface area contributed by atoms with Crippen molar-refractivity contribution >= 4 is 38.3 Å². The van der Waals surface area contributed by atoms with Gasteiger partial charge in [0.1, 0.15) is 0 Å². The molecule has 1 aromatic carbocycles. The first-order valence-corrected chi connectivity index (χ1v) is 7.38. The van der Waals surface area contributed by atoms with E-state index in [1.807, 2.05) is 19.1 Å². The average Bonchev–Trinajstić information content (AvgIpc) is 3.00. The number of carbonyl (C=O) groups is 1. The standard InChI is InChI=1S/C14H15N5OS/c1-3-10-9(7-19(2)18-10)13(20)17-14-16-11-5-4-8(15)6-12(11)21-14/h4-7H,3,15H2,1-2H3,(H,16,17,20). The van der Waals surface area contributed by atoms with Crippen molar-refractivity contribution in [2.75, 3.05) is 11.1 Å². The summed E-state index contributed by atoms with van der Waals surface area (Å²) >= 11 is 1.40. The molecule has 0 radical (unpaired) electrons. The molecule has 0 fully saturated rings. The van der Waals surface area contributed by atoms with Gasteiger partial charge in [0.25, 0.3) is 5.91 Å². The van der Waals surface area contributed by atoms with Crippen LogP contribution >= 0.6 is 11.3 Å². The lowest BCUT2D eigenvalue weighted by molar-refractivity contribution is 0.102. The van der Waals surface area contributed by atoms with Crippen molar-refractivity contribution in [1.82, 2.24) is 14.8 Å². The van der Waals surface area contributed by atoms with Crippen molar-refractivity contribution < 1.29 is 4.79 Å². The second-order valence-electron chi connectivity index (χ2n) is 4.72. The van der Waals surface area contributed by atoms with E-state index in [0.717, 1.165) is 15.9 Å². The zero-order chi connectivity index (χ0) is 15.0. The van der Waals surface area contributed by atoms with Crippen LogP contribution in [0.15, 0.2) is 24.4 Å². The van der Waals surface area contributed by atoms with Crippen LogP contribution in [0.5, 0.6) is 0 Å². The Kier molecular flexibility index (Phi) is 3.34. The van der Waals surface area contributed by atoms with Crippen molar-refractivity contribution in [3.8, 4) is 0 Å². The summed E-state index contributed by atoms with van der Waals surface area (Å²) in [6, 6.07) is 5.49. The molecule has 2 aromatic heterocycles. The van der Waals surface area contributed by atoms with Gasteiger partial charge in [-0.15, -0.1) is 0 Å². The number of hydrogen-bond donors (Lipinski definition) is 2. The van der Waals surface area contributed by atoms with E-state index >= 15 is 0 Å². The van der Waals surface area contributed by atoms with Gasteiger partial charge in [-0.25, -0.2) is 4.98 Å². The summed E-state index contributed by atoms with van der Waals surface area (Å²) in [5.41, 5.74) is 8.62. The Morgan fingerprint density at radius 2 is 2.29 bits per heavy atom. The number of fused-ring (bicyclic) bond motifs is 1. The minimum Gasteiger partial charge on any atom is -0.399 e. The second-order valence-corrected chi connectivity index (χ2v) is 5.75. The van der Waals surface area contributed by atoms with E-state index in [4.69, 9.17) is 5.73 Å². The monoisotopic (exact) mass is 301 g/mol. The lowest BCUT2D eigenvalue weighted by Gasteiger charge is -1.99. The normalized spacial score (nSPS) is 11.0. The molecule has 3 aromatic rings. The first-order valence-electron chi connectivity index (χ1n) is 6.56. The van der Waals surface area contributed by atoms with Gasteiger partial charge in [0.05, 0.1) is 21.5 Å². The lowest BCUT2D eigenvalue weighted by Crippen LogP contribution is -2.12. The van der Waals surface area contributed by atoms with E-state index in [1.54, 1.807) is 24.0 Å². The number of nitrogens with zero attached hydrogens (tertiary/aromatic N) is 3. The highest BCUT2D eigenvalue weighted by Gasteiger charge is 2.16. The maximum atomic E-state index is 12.3. The Labute approximate surface area is 125 Å². The molecule has 21 heavy (non-hydrogen) atoms. The first kappa shape index (κ1) is 13.6. The molecule has 0 bridgehead atoms. The van der Waals surface area contributed by atoms with Crippen molar-refractivity contribution in [1.29, 1.82) is 0 Å². The van der Waals surface area contributed by atoms with Crippen LogP contribution in [-0.4, -0.2) is 20.7 Å². The fourth-order valence-electron chi connectivity index (χ4n) is 2.14. The Balaban J connectivity index is 1.88. The second kappa shape index (κ2) is 5.17. The number of amides is 1. The lowest BCUT2D eigenvalue weighted by atomic mass is 10.2. The molecule has 0 aliphatic heterocycles. The molecule has 1 amide bonds. The van der Waals surface area contributed by atoms with E-state index in [2.05, 4.69) is 15.4 Å². The minimum atomic E-state index is -0.188. The molecule has 0 atom stereocenters. The number of thiazole rings is 1. The summed E-state index contributed by atoms with van der Waals surface area (Å²) in [5, 5.41) is 7.66. The van der Waals surface area contributed by atoms with Gasteiger partial charge >= 0.3 is 0 Å². The van der Waals surface area contributed by atoms with Gasteiger partial charge in [-0.1, -0.05) is 18.3 Å². The van der Waals surface area contributed by atoms with E-state index < -0.39 is 0 Å². The van der Waals surface area contributed by atoms with Crippen molar-refractivity contribution in [3.63, 3.8) is 0 Å². The molecule has 0 aliphatic carbocycles. The largest absolute Gasteiger partial charge is 0.399 e. The van der Waals surface area contributed by atoms with Gasteiger partial charge < -0.3 is 5.73 Å². The number of hydrogen-bond acceptors (Lipinski definition) is 5. The fraction of sp³-hybridized carbons (Fsp3) is 0.214. The van der Waals surface area contributed by atoms with Crippen LogP contribution in [0.3, 0.4) is 0 Å². The molecule has 3 N–H and O–H groups in total. The van der Waals surface area contributed by atoms with Crippen LogP contribution < -0.4 is 11.1 Å². The number of carbonyl (C=O) groups excluding carboxylic acids is 1. The van der Waals surface area contributed by atoms with Crippen LogP contribution in [0.1, 0.15) is 23.0 Å². The summed E-state index contributed by atoms with van der Waals surface area (Å²) < 4.78 is 2.60. The van der Waals surface area contributed by atoms with Gasteiger partial charge in [0, 0.05) is 18.9 Å². The Hall–Kier alpha value is -2.41. The Morgan fingerprint density at radius 1 is 1.48 bits per heavy atom. The summed E-state index contributed by atoms with van der Waals surface area (Å²) in [7, 11) is 1.80. The summed E-state index contributed by atoms with van der Waals surface area (Å²) in [6.45, 7) is 1.97. The maximum Gasteiger partial charge on any atom is 0.260 e. The number of aryl methyl sites for hydroxylation is 2. The fourth-order valence-corrected chi connectivity index (χ4v) is 3.05. The van der Waals surface area contributed by atoms with Crippen molar-refractivity contribution in [2.45, 2.75) is 13.3 Å². The molecular weight excluding hydrogens is 286 g/mol. The zero-order valence-corrected chi connectivity index (χ0v) is 12.6. The highest BCUT2D eigenvalue weighted by Crippen LogP contribution is 2.27. The molecule has 3 rings (SSSR count). The SMILES string of the molecule is CCc1nn(C)cc1C(=O)Nc1nc2ccc(N)cc2s1. The quantitative estimate of drug-likeness (QED) is 0.727. The Morgan fingerprint density at radius 3 is 3.05 bits per heavy atom. The molecule has 2 heterocycles. The minimum absolute atomic E-state index is 0.188. The summed E-state index contributed by atoms with van der Waals surface area (Å²) in [4.78, 5) is 16.7. The van der Waals surface area contributed by atoms with Crippen LogP contribution in [0.4, 0.5) is 10.8 Å². The van der Waals surface area contributed by atoms with Gasteiger partial charge in [-0.3, -0.25) is 14.8 Å². The smallest absolute Gasteiger partial charge is 0.260 e. The van der Waals surface area contributed by atoms with E-state index in [-0.39, 0.29) is 5.91 Å². The molecule has 0 saturated carbocycles. The topological polar surface area (TPSA) is 85.8 Å². The van der Waals surface area contributed by atoms with Crippen LogP contribution in [0.25, 0.3) is 10.2 Å². The number of nitrogens with one attached hydrogen (secondary N) is 1. The third-order valence-corrected chi connectivity index (χ3v) is 4.05. The highest BCUT2D eigenvalue weighted by atomic mass is 32.1. The summed E-state index contributed by atoms with van der Waals surface area (Å²) in [5.74, 6) is -0.188. The number of benzene rings is 1. The van der Waals surface area contributed by atoms with Gasteiger partial charge in [-0.05, 0) is 24.6 Å². The number of nitrogen functional groups attached to an aromatic ring is 1. The predicted octanol–water partition coefficient (Wildman–Crippen LogP) is 2.43. The molecule has 7 heteroatoms. The van der Waals surface area contributed by atoms with Crippen molar-refractivity contribution in [3.05, 3.63) is 35.7 Å². The highest BCUT2D eigenvalue weighted by molar-refractivity contribution is 7.22. The van der Waals surface area contributed by atoms with Crippen LogP contribution in [0.2, 0.25) is 0 Å². The van der Waals surface area contributed by atoms with Crippen LogP contribution in [-0.2, 0) is 13.5 Å². The van der Waals surface area contributed by atoms with E-state index in [0.29, 0.717) is 22.8 Å². The Bertz CT molecular complexity index is 820. The summed E-state index contributed by atoms with van der Waals surface area (Å²) in [6.07, 6.45) is 2.43. The first-order chi connectivity index (χ1) is 10.1. The van der Waals surface area contributed by atoms with Crippen LogP contribution in [0, 0.1) is 0 Å².